The molecular weight excluding hydrogens is 482 g/mol. The molecular formula is C20H41F3OSi6. The van der Waals surface area contributed by atoms with Gasteiger partial charge in [0.1, 0.15) is 0 Å². The zero-order valence-corrected chi connectivity index (χ0v) is 26.9. The molecule has 1 saturated heterocycles. The second-order valence-electron chi connectivity index (χ2n) is 12.3. The molecule has 1 atom stereocenters. The summed E-state index contributed by atoms with van der Waals surface area (Å²) in [5.74, 6) is 0. The topological polar surface area (TPSA) is 9.23 Å². The maximum absolute atomic E-state index is 15.5. The van der Waals surface area contributed by atoms with Crippen molar-refractivity contribution in [2.75, 3.05) is 0 Å². The average Bonchev–Trinajstić information content (AvgIpc) is 2.57. The summed E-state index contributed by atoms with van der Waals surface area (Å²) in [7, 11) is -13.7. The zero-order chi connectivity index (χ0) is 23.8. The van der Waals surface area contributed by atoms with E-state index in [1.807, 2.05) is 19.2 Å². The summed E-state index contributed by atoms with van der Waals surface area (Å²) in [6, 6.07) is 8.68. The molecule has 0 radical (unpaired) electrons. The Labute approximate surface area is 186 Å². The highest BCUT2D eigenvalue weighted by Gasteiger charge is 2.79. The van der Waals surface area contributed by atoms with Gasteiger partial charge in [-0.15, -0.1) is 0 Å². The first kappa shape index (κ1) is 26.5. The Morgan fingerprint density at radius 3 is 1.43 bits per heavy atom. The van der Waals surface area contributed by atoms with Gasteiger partial charge < -0.3 is 4.43 Å². The van der Waals surface area contributed by atoms with Crippen molar-refractivity contribution in [2.45, 2.75) is 90.0 Å². The van der Waals surface area contributed by atoms with Gasteiger partial charge in [-0.2, -0.15) is 13.2 Å². The van der Waals surface area contributed by atoms with E-state index in [1.54, 1.807) is 24.3 Å². The van der Waals surface area contributed by atoms with Gasteiger partial charge in [-0.1, -0.05) is 95.8 Å². The molecule has 1 aliphatic rings. The Morgan fingerprint density at radius 1 is 0.633 bits per heavy atom. The van der Waals surface area contributed by atoms with E-state index in [0.29, 0.717) is 5.56 Å². The van der Waals surface area contributed by atoms with E-state index in [9.17, 15) is 0 Å². The van der Waals surface area contributed by atoms with E-state index in [2.05, 4.69) is 65.5 Å². The molecule has 10 heteroatoms. The Kier molecular flexibility index (Phi) is 6.31. The zero-order valence-electron chi connectivity index (χ0n) is 20.9. The van der Waals surface area contributed by atoms with Crippen LogP contribution in [-0.2, 0) is 9.65 Å². The normalized spacial score (nSPS) is 31.4. The first-order chi connectivity index (χ1) is 13.1. The quantitative estimate of drug-likeness (QED) is 0.356. The van der Waals surface area contributed by atoms with Gasteiger partial charge in [-0.3, -0.25) is 0 Å². The highest BCUT2D eigenvalue weighted by atomic mass is 30.0. The molecule has 30 heavy (non-hydrogen) atoms. The standard InChI is InChI=1S/C20H41F3OSi6/c1-25(2)19(20(21,22)23,18-16-14-13-15-17-18)24-26(3,4)28(7,8)30(11,12)29(9,10)27(25,5)6/h13-17H,1-12H3. The molecule has 0 amide bonds. The van der Waals surface area contributed by atoms with Crippen molar-refractivity contribution >= 4 is 43.9 Å². The molecule has 2 rings (SSSR count). The maximum atomic E-state index is 15.5. The van der Waals surface area contributed by atoms with Crippen LogP contribution in [0.4, 0.5) is 13.2 Å². The Bertz CT molecular complexity index is 803. The molecule has 0 spiro atoms. The predicted octanol–water partition coefficient (Wildman–Crippen LogP) is 7.15. The van der Waals surface area contributed by atoms with E-state index >= 15 is 13.2 Å². The smallest absolute Gasteiger partial charge is 0.406 e. The molecule has 1 fully saturated rings. The van der Waals surface area contributed by atoms with Crippen LogP contribution in [0.3, 0.4) is 0 Å². The molecule has 0 aromatic heterocycles. The van der Waals surface area contributed by atoms with Gasteiger partial charge in [-0.05, 0) is 18.7 Å². The third kappa shape index (κ3) is 3.03. The average molecular weight is 523 g/mol. The van der Waals surface area contributed by atoms with Gasteiger partial charge in [0.05, 0.1) is 14.7 Å². The van der Waals surface area contributed by atoms with Gasteiger partial charge in [-0.25, -0.2) is 0 Å². The lowest BCUT2D eigenvalue weighted by atomic mass is 10.1. The first-order valence-electron chi connectivity index (χ1n) is 10.9. The lowest BCUT2D eigenvalue weighted by Gasteiger charge is -2.68. The molecule has 1 aromatic carbocycles. The van der Waals surface area contributed by atoms with Crippen molar-refractivity contribution in [3.63, 3.8) is 0 Å². The highest BCUT2D eigenvalue weighted by Crippen LogP contribution is 2.58. The second kappa shape index (κ2) is 7.13. The molecule has 172 valence electrons. The number of alkyl halides is 3. The molecule has 1 unspecified atom stereocenters. The molecule has 1 nitrogen and oxygen atoms in total. The number of hydrogen-bond donors (Lipinski definition) is 0. The molecule has 0 N–H and O–H groups in total. The second-order valence-corrected chi connectivity index (χ2v) is 75.8. The molecule has 1 heterocycles. The van der Waals surface area contributed by atoms with Gasteiger partial charge in [0, 0.05) is 21.3 Å². The summed E-state index contributed by atoms with van der Waals surface area (Å²) < 4.78 is 53.3. The van der Waals surface area contributed by atoms with Crippen LogP contribution in [0, 0.1) is 0 Å². The van der Waals surface area contributed by atoms with Crippen LogP contribution in [0.25, 0.3) is 0 Å². The fourth-order valence-corrected chi connectivity index (χ4v) is 156. The third-order valence-electron chi connectivity index (χ3n) is 10.6. The van der Waals surface area contributed by atoms with Crippen LogP contribution < -0.4 is 0 Å². The molecule has 0 saturated carbocycles. The van der Waals surface area contributed by atoms with E-state index < -0.39 is 55.3 Å². The maximum Gasteiger partial charge on any atom is 0.416 e. The fraction of sp³-hybridized carbons (Fsp3) is 0.700. The van der Waals surface area contributed by atoms with Crippen molar-refractivity contribution < 1.29 is 17.6 Å². The van der Waals surface area contributed by atoms with Crippen LogP contribution in [0.1, 0.15) is 5.56 Å². The minimum Gasteiger partial charge on any atom is -0.406 e. The fourth-order valence-electron chi connectivity index (χ4n) is 5.84. The minimum absolute atomic E-state index is 0.353. The van der Waals surface area contributed by atoms with E-state index in [0.717, 1.165) is 0 Å². The number of rotatable bonds is 1. The van der Waals surface area contributed by atoms with Crippen molar-refractivity contribution in [1.82, 2.24) is 0 Å². The van der Waals surface area contributed by atoms with Crippen molar-refractivity contribution in [2.24, 2.45) is 0 Å². The van der Waals surface area contributed by atoms with Crippen molar-refractivity contribution in [3.05, 3.63) is 35.9 Å². The SMILES string of the molecule is C[Si]1(C)OC(c2ccccc2)(C(F)(F)F)[Si](C)(C)[Si](C)(C)[Si](C)(C)[Si](C)(C)[Si]1(C)C. The minimum atomic E-state index is -4.42. The molecule has 1 aliphatic heterocycles. The molecule has 0 bridgehead atoms. The number of hydrogen-bond acceptors (Lipinski definition) is 1. The van der Waals surface area contributed by atoms with Gasteiger partial charge in [0.2, 0.25) is 0 Å². The summed E-state index contributed by atoms with van der Waals surface area (Å²) in [5, 5.41) is -2.12. The highest BCUT2D eigenvalue weighted by molar-refractivity contribution is 7.97. The van der Waals surface area contributed by atoms with Crippen LogP contribution in [-0.4, -0.2) is 50.0 Å². The summed E-state index contributed by atoms with van der Waals surface area (Å²) >= 11 is 0. The third-order valence-corrected chi connectivity index (χ3v) is 129. The monoisotopic (exact) mass is 522 g/mol. The predicted molar refractivity (Wildman–Crippen MR) is 140 cm³/mol. The summed E-state index contributed by atoms with van der Waals surface area (Å²) in [6.07, 6.45) is -4.42. The van der Waals surface area contributed by atoms with E-state index in [1.165, 1.54) is 0 Å². The van der Waals surface area contributed by atoms with E-state index in [4.69, 9.17) is 4.43 Å². The van der Waals surface area contributed by atoms with Gasteiger partial charge in [0.15, 0.2) is 13.1 Å². The lowest BCUT2D eigenvalue weighted by Crippen LogP contribution is -2.94. The molecule has 1 aromatic rings. The largest absolute Gasteiger partial charge is 0.416 e. The summed E-state index contributed by atoms with van der Waals surface area (Å²) in [5.41, 5.74) is 0.353. The van der Waals surface area contributed by atoms with Crippen LogP contribution in [0.5, 0.6) is 0 Å². The van der Waals surface area contributed by atoms with Crippen molar-refractivity contribution in [3.8, 4) is 0 Å². The van der Waals surface area contributed by atoms with Crippen LogP contribution >= 0.6 is 0 Å². The summed E-state index contributed by atoms with van der Waals surface area (Å²) in [6.45, 7) is 27.7. The number of halogens is 3. The molecule has 0 aliphatic carbocycles. The first-order valence-corrected chi connectivity index (χ1v) is 33.8. The van der Waals surface area contributed by atoms with E-state index in [-0.39, 0.29) is 0 Å². The Balaban J connectivity index is 3.12. The summed E-state index contributed by atoms with van der Waals surface area (Å²) in [4.78, 5) is 0. The van der Waals surface area contributed by atoms with Gasteiger partial charge >= 0.3 is 6.18 Å². The Morgan fingerprint density at radius 2 is 1.03 bits per heavy atom. The number of benzene rings is 1. The Hall–Kier alpha value is 0.271. The van der Waals surface area contributed by atoms with Crippen LogP contribution in [0.15, 0.2) is 30.3 Å². The van der Waals surface area contributed by atoms with Crippen LogP contribution in [0.2, 0.25) is 78.6 Å². The van der Waals surface area contributed by atoms with Crippen molar-refractivity contribution in [1.29, 1.82) is 0 Å². The van der Waals surface area contributed by atoms with Gasteiger partial charge in [0.25, 0.3) is 0 Å². The lowest BCUT2D eigenvalue weighted by molar-refractivity contribution is -0.225.